The molecule has 0 bridgehead atoms. The highest BCUT2D eigenvalue weighted by molar-refractivity contribution is 7.88. The first-order chi connectivity index (χ1) is 20.5. The number of nitrogens with zero attached hydrogens (tertiary/aromatic N) is 2. The lowest BCUT2D eigenvalue weighted by molar-refractivity contribution is -0.155. The Hall–Kier alpha value is -2.52. The van der Waals surface area contributed by atoms with E-state index in [9.17, 15) is 39.2 Å². The molecule has 2 heterocycles. The average Bonchev–Trinajstić information content (AvgIpc) is 3.34. The van der Waals surface area contributed by atoms with Crippen molar-refractivity contribution in [2.24, 2.45) is 5.92 Å². The van der Waals surface area contributed by atoms with Gasteiger partial charge in [0.25, 0.3) is 0 Å². The molecule has 15 heteroatoms. The lowest BCUT2D eigenvalue weighted by atomic mass is 9.84. The smallest absolute Gasteiger partial charge is 0.376 e. The zero-order valence-electron chi connectivity index (χ0n) is 23.8. The first kappa shape index (κ1) is 34.4. The SMILES string of the molecule is C[C@@H]1Cc2cc(OS(=O)(=O)C(F)(F)F)ccc2[C@@H](c2c(F)cc(CCCC3CCN(CCCF)C3)cc2F)N1CC(F)(F)F. The van der Waals surface area contributed by atoms with Gasteiger partial charge in [-0.3, -0.25) is 9.29 Å². The summed E-state index contributed by atoms with van der Waals surface area (Å²) in [4.78, 5) is 3.05. The van der Waals surface area contributed by atoms with Gasteiger partial charge in [0.05, 0.1) is 19.3 Å². The van der Waals surface area contributed by atoms with Crippen molar-refractivity contribution < 1.29 is 52.1 Å². The third kappa shape index (κ3) is 8.19. The number of hydrogen-bond acceptors (Lipinski definition) is 5. The number of likely N-dealkylation sites (tertiary alicyclic amines) is 1. The van der Waals surface area contributed by atoms with Gasteiger partial charge in [-0.25, -0.2) is 8.78 Å². The van der Waals surface area contributed by atoms with E-state index in [-0.39, 0.29) is 24.2 Å². The van der Waals surface area contributed by atoms with E-state index in [1.807, 2.05) is 0 Å². The highest BCUT2D eigenvalue weighted by Crippen LogP contribution is 2.43. The molecule has 0 aliphatic carbocycles. The van der Waals surface area contributed by atoms with Crippen molar-refractivity contribution in [1.29, 1.82) is 0 Å². The van der Waals surface area contributed by atoms with Crippen molar-refractivity contribution in [2.45, 2.75) is 69.2 Å². The number of fused-ring (bicyclic) bond motifs is 1. The molecular weight excluding hydrogens is 627 g/mol. The van der Waals surface area contributed by atoms with Gasteiger partial charge in [-0.05, 0) is 98.9 Å². The Balaban J connectivity index is 1.59. The van der Waals surface area contributed by atoms with Crippen LogP contribution in [-0.4, -0.2) is 68.8 Å². The number of halogens is 9. The minimum absolute atomic E-state index is 0.0202. The van der Waals surface area contributed by atoms with E-state index in [2.05, 4.69) is 9.08 Å². The molecule has 246 valence electrons. The maximum absolute atomic E-state index is 15.6. The van der Waals surface area contributed by atoms with Crippen molar-refractivity contribution >= 4 is 10.1 Å². The Labute approximate surface area is 250 Å². The van der Waals surface area contributed by atoms with Crippen LogP contribution in [0.1, 0.15) is 60.9 Å². The standard InChI is InChI=1S/C29H33F9N2O3S/c1-18-12-21-15-22(43-44(41,42)29(36,37)38)6-7-23(21)27(40(18)17-28(33,34)35)26-24(31)13-20(14-25(26)32)5-2-4-19-8-11-39(16-19)10-3-9-30/h6-7,13-15,18-19,27H,2-5,8-12,16-17H2,1H3/t18-,19?,27+/m1/s1. The first-order valence-corrected chi connectivity index (χ1v) is 15.6. The maximum Gasteiger partial charge on any atom is 0.534 e. The minimum atomic E-state index is -6.02. The predicted octanol–water partition coefficient (Wildman–Crippen LogP) is 7.10. The molecule has 0 N–H and O–H groups in total. The van der Waals surface area contributed by atoms with Gasteiger partial charge in [0.2, 0.25) is 0 Å². The predicted molar refractivity (Wildman–Crippen MR) is 144 cm³/mol. The second-order valence-electron chi connectivity index (χ2n) is 11.5. The van der Waals surface area contributed by atoms with E-state index in [0.29, 0.717) is 37.3 Å². The Kier molecular flexibility index (Phi) is 10.5. The molecule has 1 unspecified atom stereocenters. The molecule has 2 aliphatic heterocycles. The van der Waals surface area contributed by atoms with E-state index < -0.39 is 63.4 Å². The van der Waals surface area contributed by atoms with Crippen LogP contribution in [0.5, 0.6) is 5.75 Å². The van der Waals surface area contributed by atoms with Crippen LogP contribution in [0, 0.1) is 17.6 Å². The van der Waals surface area contributed by atoms with Gasteiger partial charge in [-0.2, -0.15) is 34.8 Å². The number of aryl methyl sites for hydroxylation is 1. The fourth-order valence-corrected chi connectivity index (χ4v) is 6.62. The summed E-state index contributed by atoms with van der Waals surface area (Å²) in [6.07, 6.45) is -1.78. The number of rotatable bonds is 11. The van der Waals surface area contributed by atoms with Gasteiger partial charge in [0, 0.05) is 24.7 Å². The third-order valence-electron chi connectivity index (χ3n) is 8.14. The molecule has 0 spiro atoms. The van der Waals surface area contributed by atoms with E-state index in [4.69, 9.17) is 0 Å². The molecule has 1 fully saturated rings. The molecule has 0 radical (unpaired) electrons. The van der Waals surface area contributed by atoms with E-state index in [1.54, 1.807) is 0 Å². The van der Waals surface area contributed by atoms with Crippen LogP contribution in [0.4, 0.5) is 39.5 Å². The second kappa shape index (κ2) is 13.5. The number of hydrogen-bond donors (Lipinski definition) is 0. The van der Waals surface area contributed by atoms with Crippen LogP contribution >= 0.6 is 0 Å². The minimum Gasteiger partial charge on any atom is -0.376 e. The quantitative estimate of drug-likeness (QED) is 0.146. The lowest BCUT2D eigenvalue weighted by Gasteiger charge is -2.42. The van der Waals surface area contributed by atoms with Crippen molar-refractivity contribution in [3.8, 4) is 5.75 Å². The van der Waals surface area contributed by atoms with Crippen molar-refractivity contribution in [1.82, 2.24) is 9.80 Å². The van der Waals surface area contributed by atoms with Crippen LogP contribution in [0.15, 0.2) is 30.3 Å². The van der Waals surface area contributed by atoms with Crippen LogP contribution in [0.2, 0.25) is 0 Å². The summed E-state index contributed by atoms with van der Waals surface area (Å²) in [5.74, 6) is -2.51. The molecule has 0 saturated carbocycles. The molecular formula is C29H33F9N2O3S. The third-order valence-corrected chi connectivity index (χ3v) is 9.12. The highest BCUT2D eigenvalue weighted by atomic mass is 32.2. The van der Waals surface area contributed by atoms with Gasteiger partial charge in [-0.1, -0.05) is 6.07 Å². The summed E-state index contributed by atoms with van der Waals surface area (Å²) in [5.41, 5.74) is -5.97. The molecule has 3 atom stereocenters. The van der Waals surface area contributed by atoms with Gasteiger partial charge in [0.15, 0.2) is 0 Å². The topological polar surface area (TPSA) is 49.9 Å². The maximum atomic E-state index is 15.6. The summed E-state index contributed by atoms with van der Waals surface area (Å²) >= 11 is 0. The zero-order valence-corrected chi connectivity index (χ0v) is 24.6. The summed E-state index contributed by atoms with van der Waals surface area (Å²) in [5, 5.41) is 0. The van der Waals surface area contributed by atoms with Crippen molar-refractivity contribution in [3.05, 3.63) is 64.2 Å². The highest BCUT2D eigenvalue weighted by Gasteiger charge is 2.49. The normalized spacial score (nSPS) is 21.9. The van der Waals surface area contributed by atoms with Gasteiger partial charge in [-0.15, -0.1) is 0 Å². The van der Waals surface area contributed by atoms with Gasteiger partial charge < -0.3 is 9.08 Å². The van der Waals surface area contributed by atoms with E-state index in [1.165, 1.54) is 6.92 Å². The number of alkyl halides is 7. The summed E-state index contributed by atoms with van der Waals surface area (Å²) < 4.78 is 150. The fraction of sp³-hybridized carbons (Fsp3) is 0.586. The Bertz CT molecular complexity index is 1390. The Morgan fingerprint density at radius 3 is 2.30 bits per heavy atom. The molecule has 4 rings (SSSR count). The average molecular weight is 661 g/mol. The van der Waals surface area contributed by atoms with Crippen LogP contribution in [0.3, 0.4) is 0 Å². The van der Waals surface area contributed by atoms with Crippen LogP contribution in [-0.2, 0) is 23.0 Å². The molecule has 0 amide bonds. The first-order valence-electron chi connectivity index (χ1n) is 14.2. The zero-order chi connectivity index (χ0) is 32.4. The Morgan fingerprint density at radius 1 is 1.00 bits per heavy atom. The molecule has 2 aromatic carbocycles. The van der Waals surface area contributed by atoms with Crippen LogP contribution in [0.25, 0.3) is 0 Å². The van der Waals surface area contributed by atoms with Crippen LogP contribution < -0.4 is 4.18 Å². The number of benzene rings is 2. The summed E-state index contributed by atoms with van der Waals surface area (Å²) in [7, 11) is -6.02. The fourth-order valence-electron chi connectivity index (χ4n) is 6.17. The van der Waals surface area contributed by atoms with E-state index in [0.717, 1.165) is 61.2 Å². The van der Waals surface area contributed by atoms with Crippen molar-refractivity contribution in [3.63, 3.8) is 0 Å². The van der Waals surface area contributed by atoms with Gasteiger partial charge >= 0.3 is 21.8 Å². The summed E-state index contributed by atoms with van der Waals surface area (Å²) in [6.45, 7) is 1.83. The molecule has 2 aromatic rings. The van der Waals surface area contributed by atoms with Gasteiger partial charge in [0.1, 0.15) is 17.4 Å². The van der Waals surface area contributed by atoms with Crippen molar-refractivity contribution in [2.75, 3.05) is 32.9 Å². The summed E-state index contributed by atoms with van der Waals surface area (Å²) in [6, 6.07) is 2.34. The molecule has 44 heavy (non-hydrogen) atoms. The monoisotopic (exact) mass is 660 g/mol. The lowest BCUT2D eigenvalue weighted by Crippen LogP contribution is -2.47. The molecule has 1 saturated heterocycles. The molecule has 2 aliphatic rings. The second-order valence-corrected chi connectivity index (χ2v) is 13.0. The largest absolute Gasteiger partial charge is 0.534 e. The Morgan fingerprint density at radius 2 is 1.68 bits per heavy atom. The molecule has 5 nitrogen and oxygen atoms in total. The van der Waals surface area contributed by atoms with E-state index >= 15 is 8.78 Å². The molecule has 0 aromatic heterocycles.